The highest BCUT2D eigenvalue weighted by atomic mass is 35.5. The fourth-order valence-electron chi connectivity index (χ4n) is 3.11. The summed E-state index contributed by atoms with van der Waals surface area (Å²) in [6.45, 7) is 8.60. The van der Waals surface area contributed by atoms with Gasteiger partial charge in [0.2, 0.25) is 5.91 Å². The second-order valence-electron chi connectivity index (χ2n) is 7.88. The number of rotatable bonds is 7. The Balaban J connectivity index is 1.93. The van der Waals surface area contributed by atoms with E-state index in [0.717, 1.165) is 18.7 Å². The molecule has 1 heterocycles. The molecule has 9 heteroatoms. The summed E-state index contributed by atoms with van der Waals surface area (Å²) in [7, 11) is 1.51. The molecular weight excluding hydrogens is 393 g/mol. The number of benzene rings is 1. The fourth-order valence-corrected chi connectivity index (χ4v) is 3.32. The Morgan fingerprint density at radius 3 is 2.52 bits per heavy atom. The lowest BCUT2D eigenvalue weighted by Crippen LogP contribution is -2.54. The van der Waals surface area contributed by atoms with Gasteiger partial charge in [0.15, 0.2) is 0 Å². The monoisotopic (exact) mass is 423 g/mol. The molecule has 0 unspecified atom stereocenters. The number of hydrogen-bond acceptors (Lipinski definition) is 5. The first kappa shape index (κ1) is 23.7. The molecule has 1 aliphatic heterocycles. The van der Waals surface area contributed by atoms with Gasteiger partial charge < -0.3 is 24.8 Å². The summed E-state index contributed by atoms with van der Waals surface area (Å²) in [6, 6.07) is 5.20. The van der Waals surface area contributed by atoms with Crippen molar-refractivity contribution in [2.24, 2.45) is 5.92 Å². The normalized spacial score (nSPS) is 16.8. The Bertz CT molecular complexity index is 694. The van der Waals surface area contributed by atoms with Crippen LogP contribution in [0.2, 0.25) is 5.02 Å². The SMILES string of the molecule is Cc1ccc(Cl)c(C(=O)NCC(=O)N[C@@H](CC(C)C)B2OCCN(C)CCO2)c1. The van der Waals surface area contributed by atoms with Gasteiger partial charge in [-0.1, -0.05) is 37.1 Å². The molecule has 2 amide bonds. The number of nitrogens with one attached hydrogen (secondary N) is 2. The number of likely N-dealkylation sites (N-methyl/N-ethyl adjacent to an activating group) is 1. The van der Waals surface area contributed by atoms with Crippen LogP contribution < -0.4 is 10.6 Å². The summed E-state index contributed by atoms with van der Waals surface area (Å²) >= 11 is 6.09. The minimum atomic E-state index is -0.503. The van der Waals surface area contributed by atoms with Crippen molar-refractivity contribution in [1.82, 2.24) is 15.5 Å². The lowest BCUT2D eigenvalue weighted by atomic mass is 9.73. The Morgan fingerprint density at radius 2 is 1.90 bits per heavy atom. The number of aryl methyl sites for hydroxylation is 1. The third-order valence-electron chi connectivity index (χ3n) is 4.69. The molecule has 2 rings (SSSR count). The summed E-state index contributed by atoms with van der Waals surface area (Å²) in [4.78, 5) is 27.0. The Labute approximate surface area is 178 Å². The molecule has 0 aromatic heterocycles. The topological polar surface area (TPSA) is 79.9 Å². The number of amides is 2. The molecule has 2 N–H and O–H groups in total. The van der Waals surface area contributed by atoms with Crippen LogP contribution in [0.25, 0.3) is 0 Å². The van der Waals surface area contributed by atoms with E-state index in [1.165, 1.54) is 0 Å². The first-order chi connectivity index (χ1) is 13.8. The number of carbonyl (C=O) groups is 2. The van der Waals surface area contributed by atoms with Gasteiger partial charge in [-0.3, -0.25) is 9.59 Å². The second-order valence-corrected chi connectivity index (χ2v) is 8.29. The predicted octanol–water partition coefficient (Wildman–Crippen LogP) is 1.92. The van der Waals surface area contributed by atoms with Crippen LogP contribution in [0, 0.1) is 12.8 Å². The van der Waals surface area contributed by atoms with Crippen LogP contribution >= 0.6 is 11.6 Å². The summed E-state index contributed by atoms with van der Waals surface area (Å²) in [6.07, 6.45) is 0.712. The van der Waals surface area contributed by atoms with Gasteiger partial charge in [0.25, 0.3) is 5.91 Å². The zero-order chi connectivity index (χ0) is 21.4. The van der Waals surface area contributed by atoms with Gasteiger partial charge in [-0.2, -0.15) is 0 Å². The molecule has 0 bridgehead atoms. The highest BCUT2D eigenvalue weighted by Gasteiger charge is 2.33. The molecule has 1 aliphatic rings. The molecule has 1 aromatic rings. The second kappa shape index (κ2) is 11.5. The van der Waals surface area contributed by atoms with Crippen LogP contribution in [0.5, 0.6) is 0 Å². The lowest BCUT2D eigenvalue weighted by molar-refractivity contribution is -0.120. The summed E-state index contributed by atoms with van der Waals surface area (Å²) in [5, 5.41) is 5.95. The summed E-state index contributed by atoms with van der Waals surface area (Å²) in [5.74, 6) is -0.610. The average Bonchev–Trinajstić information content (AvgIpc) is 2.63. The van der Waals surface area contributed by atoms with E-state index in [0.29, 0.717) is 36.1 Å². The van der Waals surface area contributed by atoms with Crippen molar-refractivity contribution in [1.29, 1.82) is 0 Å². The van der Waals surface area contributed by atoms with E-state index < -0.39 is 7.12 Å². The van der Waals surface area contributed by atoms with E-state index in [9.17, 15) is 9.59 Å². The van der Waals surface area contributed by atoms with E-state index >= 15 is 0 Å². The Hall–Kier alpha value is -1.61. The van der Waals surface area contributed by atoms with Crippen molar-refractivity contribution in [2.75, 3.05) is 39.9 Å². The summed E-state index contributed by atoms with van der Waals surface area (Å²) in [5.41, 5.74) is 1.28. The van der Waals surface area contributed by atoms with Gasteiger partial charge in [0.1, 0.15) is 0 Å². The van der Waals surface area contributed by atoms with Gasteiger partial charge in [-0.25, -0.2) is 0 Å². The number of nitrogens with zero attached hydrogens (tertiary/aromatic N) is 1. The molecule has 0 saturated carbocycles. The van der Waals surface area contributed by atoms with Crippen LogP contribution in [0.1, 0.15) is 36.2 Å². The van der Waals surface area contributed by atoms with Gasteiger partial charge in [-0.05, 0) is 38.4 Å². The molecule has 29 heavy (non-hydrogen) atoms. The first-order valence-corrected chi connectivity index (χ1v) is 10.4. The van der Waals surface area contributed by atoms with Gasteiger partial charge >= 0.3 is 7.12 Å². The minimum absolute atomic E-state index is 0.146. The molecular formula is C20H31BClN3O4. The Morgan fingerprint density at radius 1 is 1.24 bits per heavy atom. The van der Waals surface area contributed by atoms with Crippen molar-refractivity contribution >= 4 is 30.5 Å². The average molecular weight is 424 g/mol. The number of carbonyl (C=O) groups excluding carboxylic acids is 2. The molecule has 1 aromatic carbocycles. The minimum Gasteiger partial charge on any atom is -0.408 e. The van der Waals surface area contributed by atoms with Crippen LogP contribution in [0.4, 0.5) is 0 Å². The van der Waals surface area contributed by atoms with Crippen molar-refractivity contribution in [3.8, 4) is 0 Å². The quantitative estimate of drug-likeness (QED) is 0.655. The van der Waals surface area contributed by atoms with E-state index in [-0.39, 0.29) is 24.3 Å². The van der Waals surface area contributed by atoms with Crippen LogP contribution in [0.15, 0.2) is 18.2 Å². The first-order valence-electron chi connectivity index (χ1n) is 10.0. The van der Waals surface area contributed by atoms with Crippen molar-refractivity contribution < 1.29 is 18.9 Å². The van der Waals surface area contributed by atoms with Gasteiger partial charge in [-0.15, -0.1) is 0 Å². The predicted molar refractivity (Wildman–Crippen MR) is 115 cm³/mol. The van der Waals surface area contributed by atoms with Crippen LogP contribution in [-0.2, 0) is 14.1 Å². The Kier molecular flexibility index (Phi) is 9.43. The van der Waals surface area contributed by atoms with Crippen LogP contribution in [-0.4, -0.2) is 69.7 Å². The van der Waals surface area contributed by atoms with Crippen LogP contribution in [0.3, 0.4) is 0 Å². The van der Waals surface area contributed by atoms with E-state index in [1.54, 1.807) is 12.1 Å². The third kappa shape index (κ3) is 7.97. The molecule has 160 valence electrons. The lowest BCUT2D eigenvalue weighted by Gasteiger charge is -2.29. The van der Waals surface area contributed by atoms with E-state index in [2.05, 4.69) is 29.4 Å². The highest BCUT2D eigenvalue weighted by molar-refractivity contribution is 6.47. The molecule has 1 fully saturated rings. The largest absolute Gasteiger partial charge is 0.480 e. The zero-order valence-corrected chi connectivity index (χ0v) is 18.4. The fraction of sp³-hybridized carbons (Fsp3) is 0.600. The van der Waals surface area contributed by atoms with Crippen molar-refractivity contribution in [3.05, 3.63) is 34.3 Å². The van der Waals surface area contributed by atoms with Crippen molar-refractivity contribution in [3.63, 3.8) is 0 Å². The third-order valence-corrected chi connectivity index (χ3v) is 5.02. The van der Waals surface area contributed by atoms with Gasteiger partial charge in [0, 0.05) is 26.3 Å². The molecule has 7 nitrogen and oxygen atoms in total. The maximum atomic E-state index is 12.5. The molecule has 1 saturated heterocycles. The van der Waals surface area contributed by atoms with Crippen molar-refractivity contribution in [2.45, 2.75) is 33.1 Å². The highest BCUT2D eigenvalue weighted by Crippen LogP contribution is 2.17. The van der Waals surface area contributed by atoms with Gasteiger partial charge in [0.05, 0.1) is 23.1 Å². The zero-order valence-electron chi connectivity index (χ0n) is 17.7. The number of hydrogen-bond donors (Lipinski definition) is 2. The van der Waals surface area contributed by atoms with E-state index in [4.69, 9.17) is 20.9 Å². The number of halogens is 1. The standard InChI is InChI=1S/C20H31BClN3O4/c1-14(2)11-18(21-28-9-7-25(4)8-10-29-21)24-19(26)13-23-20(27)16-12-15(3)5-6-17(16)22/h5-6,12,14,18H,7-11,13H2,1-4H3,(H,23,27)(H,24,26)/t18-/m0/s1. The smallest absolute Gasteiger partial charge is 0.408 e. The maximum Gasteiger partial charge on any atom is 0.480 e. The maximum absolute atomic E-state index is 12.5. The molecule has 0 spiro atoms. The molecule has 1 atom stereocenters. The van der Waals surface area contributed by atoms with E-state index in [1.807, 2.05) is 20.0 Å². The molecule has 0 radical (unpaired) electrons. The molecule has 0 aliphatic carbocycles. The summed E-state index contributed by atoms with van der Waals surface area (Å²) < 4.78 is 11.7.